The molecule has 0 saturated heterocycles. The Balaban J connectivity index is 1.99. The maximum absolute atomic E-state index is 5.94. The number of nitrogens with one attached hydrogen (secondary N) is 1. The van der Waals surface area contributed by atoms with Gasteiger partial charge in [-0.3, -0.25) is 5.43 Å². The summed E-state index contributed by atoms with van der Waals surface area (Å²) >= 11 is 13.4. The van der Waals surface area contributed by atoms with Gasteiger partial charge in [0.1, 0.15) is 0 Å². The Labute approximate surface area is 138 Å². The van der Waals surface area contributed by atoms with Crippen LogP contribution in [0, 0.1) is 0 Å². The van der Waals surface area contributed by atoms with E-state index >= 15 is 0 Å². The van der Waals surface area contributed by atoms with Gasteiger partial charge in [0.05, 0.1) is 26.8 Å². The van der Waals surface area contributed by atoms with Crippen LogP contribution in [0.5, 0.6) is 0 Å². The van der Waals surface area contributed by atoms with Gasteiger partial charge in [-0.15, -0.1) is 0 Å². The number of benzene rings is 1. The maximum Gasteiger partial charge on any atom is 0.185 e. The summed E-state index contributed by atoms with van der Waals surface area (Å²) in [5.41, 5.74) is 3.71. The van der Waals surface area contributed by atoms with Crippen molar-refractivity contribution in [2.75, 3.05) is 23.4 Å². The molecule has 0 aliphatic heterocycles. The van der Waals surface area contributed by atoms with Crippen LogP contribution in [0.4, 0.5) is 10.8 Å². The Bertz CT molecular complexity index is 623. The molecule has 0 fully saturated rings. The number of hydrogen-bond donors (Lipinski definition) is 1. The molecule has 21 heavy (non-hydrogen) atoms. The summed E-state index contributed by atoms with van der Waals surface area (Å²) < 4.78 is 0. The summed E-state index contributed by atoms with van der Waals surface area (Å²) in [6, 6.07) is 5.28. The second kappa shape index (κ2) is 7.64. The molecule has 1 N–H and O–H groups in total. The fourth-order valence-electron chi connectivity index (χ4n) is 1.71. The van der Waals surface area contributed by atoms with Gasteiger partial charge < -0.3 is 4.90 Å². The molecule has 2 aromatic rings. The Kier molecular flexibility index (Phi) is 5.85. The molecule has 2 rings (SSSR count). The molecule has 7 heteroatoms. The van der Waals surface area contributed by atoms with Crippen molar-refractivity contribution in [3.63, 3.8) is 0 Å². The summed E-state index contributed by atoms with van der Waals surface area (Å²) in [5.74, 6) is 0. The molecule has 1 aromatic carbocycles. The molecule has 0 atom stereocenters. The van der Waals surface area contributed by atoms with Crippen molar-refractivity contribution < 1.29 is 0 Å². The molecule has 0 aliphatic rings. The lowest BCUT2D eigenvalue weighted by Crippen LogP contribution is -2.21. The smallest absolute Gasteiger partial charge is 0.185 e. The molecular formula is C14H16Cl2N4S. The van der Waals surface area contributed by atoms with Crippen LogP contribution in [0.15, 0.2) is 29.5 Å². The zero-order valence-electron chi connectivity index (χ0n) is 11.8. The highest BCUT2D eigenvalue weighted by atomic mass is 35.5. The first-order valence-corrected chi connectivity index (χ1v) is 8.16. The summed E-state index contributed by atoms with van der Waals surface area (Å²) in [4.78, 5) is 7.59. The van der Waals surface area contributed by atoms with E-state index in [9.17, 15) is 0 Å². The Hall–Kier alpha value is -1.30. The average molecular weight is 343 g/mol. The van der Waals surface area contributed by atoms with Gasteiger partial charge in [0.2, 0.25) is 0 Å². The third-order valence-electron chi connectivity index (χ3n) is 2.85. The van der Waals surface area contributed by atoms with Crippen molar-refractivity contribution in [2.24, 2.45) is 5.10 Å². The monoisotopic (exact) mass is 342 g/mol. The van der Waals surface area contributed by atoms with E-state index in [2.05, 4.69) is 34.3 Å². The lowest BCUT2D eigenvalue weighted by molar-refractivity contribution is 0.860. The molecular weight excluding hydrogens is 327 g/mol. The number of rotatable bonds is 6. The van der Waals surface area contributed by atoms with E-state index in [-0.39, 0.29) is 0 Å². The van der Waals surface area contributed by atoms with Crippen molar-refractivity contribution in [1.82, 2.24) is 4.98 Å². The van der Waals surface area contributed by atoms with E-state index in [0.29, 0.717) is 10.0 Å². The molecule has 1 heterocycles. The van der Waals surface area contributed by atoms with Crippen molar-refractivity contribution in [1.29, 1.82) is 0 Å². The zero-order valence-corrected chi connectivity index (χ0v) is 14.1. The van der Waals surface area contributed by atoms with Gasteiger partial charge >= 0.3 is 0 Å². The van der Waals surface area contributed by atoms with E-state index in [1.54, 1.807) is 29.7 Å². The van der Waals surface area contributed by atoms with E-state index in [1.807, 2.05) is 12.3 Å². The van der Waals surface area contributed by atoms with Gasteiger partial charge in [-0.05, 0) is 32.0 Å². The molecule has 0 amide bonds. The minimum absolute atomic E-state index is 0.499. The molecule has 0 radical (unpaired) electrons. The number of hydrazone groups is 1. The van der Waals surface area contributed by atoms with Crippen LogP contribution in [0.25, 0.3) is 0 Å². The zero-order chi connectivity index (χ0) is 15.2. The molecule has 1 aromatic heterocycles. The van der Waals surface area contributed by atoms with Crippen molar-refractivity contribution in [3.05, 3.63) is 39.3 Å². The van der Waals surface area contributed by atoms with Crippen LogP contribution >= 0.6 is 34.5 Å². The summed E-state index contributed by atoms with van der Waals surface area (Å²) in [5, 5.41) is 6.22. The van der Waals surface area contributed by atoms with Gasteiger partial charge in [-0.2, -0.15) is 5.10 Å². The van der Waals surface area contributed by atoms with E-state index in [1.165, 1.54) is 0 Å². The second-order valence-electron chi connectivity index (χ2n) is 4.22. The van der Waals surface area contributed by atoms with Crippen molar-refractivity contribution in [3.8, 4) is 0 Å². The quantitative estimate of drug-likeness (QED) is 0.608. The van der Waals surface area contributed by atoms with Crippen LogP contribution in [-0.2, 0) is 0 Å². The van der Waals surface area contributed by atoms with E-state index < -0.39 is 0 Å². The normalized spacial score (nSPS) is 11.0. The SMILES string of the molecule is CCN(CC)c1ncc(/C=N\Nc2ccc(Cl)c(Cl)c2)s1. The van der Waals surface area contributed by atoms with E-state index in [4.69, 9.17) is 23.2 Å². The lowest BCUT2D eigenvalue weighted by atomic mass is 10.3. The highest BCUT2D eigenvalue weighted by molar-refractivity contribution is 7.17. The van der Waals surface area contributed by atoms with Crippen LogP contribution in [0.2, 0.25) is 10.0 Å². The number of halogens is 2. The number of anilines is 2. The van der Waals surface area contributed by atoms with Crippen LogP contribution < -0.4 is 10.3 Å². The lowest BCUT2D eigenvalue weighted by Gasteiger charge is -2.16. The summed E-state index contributed by atoms with van der Waals surface area (Å²) in [6.45, 7) is 6.12. The molecule has 0 unspecified atom stereocenters. The fraction of sp³-hybridized carbons (Fsp3) is 0.286. The molecule has 4 nitrogen and oxygen atoms in total. The number of aromatic nitrogens is 1. The van der Waals surface area contributed by atoms with Gasteiger partial charge in [-0.1, -0.05) is 34.5 Å². The first kappa shape index (κ1) is 16.1. The average Bonchev–Trinajstić information content (AvgIpc) is 2.93. The Morgan fingerprint density at radius 1 is 1.29 bits per heavy atom. The third kappa shape index (κ3) is 4.33. The van der Waals surface area contributed by atoms with Crippen LogP contribution in [0.3, 0.4) is 0 Å². The molecule has 112 valence electrons. The highest BCUT2D eigenvalue weighted by Crippen LogP contribution is 2.25. The number of nitrogens with zero attached hydrogens (tertiary/aromatic N) is 3. The molecule has 0 spiro atoms. The highest BCUT2D eigenvalue weighted by Gasteiger charge is 2.06. The van der Waals surface area contributed by atoms with Gasteiger partial charge in [0.25, 0.3) is 0 Å². The second-order valence-corrected chi connectivity index (χ2v) is 6.07. The van der Waals surface area contributed by atoms with Gasteiger partial charge in [0.15, 0.2) is 5.13 Å². The minimum Gasteiger partial charge on any atom is -0.349 e. The van der Waals surface area contributed by atoms with Crippen LogP contribution in [0.1, 0.15) is 18.7 Å². The Morgan fingerprint density at radius 2 is 2.05 bits per heavy atom. The van der Waals surface area contributed by atoms with Crippen molar-refractivity contribution in [2.45, 2.75) is 13.8 Å². The first-order chi connectivity index (χ1) is 10.1. The summed E-state index contributed by atoms with van der Waals surface area (Å²) in [7, 11) is 0. The minimum atomic E-state index is 0.499. The predicted molar refractivity (Wildman–Crippen MR) is 93.4 cm³/mol. The number of hydrogen-bond acceptors (Lipinski definition) is 5. The predicted octanol–water partition coefficient (Wildman–Crippen LogP) is 4.74. The van der Waals surface area contributed by atoms with Gasteiger partial charge in [-0.25, -0.2) is 4.98 Å². The maximum atomic E-state index is 5.94. The van der Waals surface area contributed by atoms with E-state index in [0.717, 1.165) is 28.8 Å². The molecule has 0 bridgehead atoms. The number of thiazole rings is 1. The van der Waals surface area contributed by atoms with Gasteiger partial charge in [0, 0.05) is 19.3 Å². The fourth-order valence-corrected chi connectivity index (χ4v) is 2.93. The molecule has 0 aliphatic carbocycles. The third-order valence-corrected chi connectivity index (χ3v) is 4.58. The summed E-state index contributed by atoms with van der Waals surface area (Å²) in [6.07, 6.45) is 3.56. The standard InChI is InChI=1S/C14H16Cl2N4S/c1-3-20(4-2)14-17-8-11(21-14)9-18-19-10-5-6-12(15)13(16)7-10/h5-9,19H,3-4H2,1-2H3/b18-9-. The largest absolute Gasteiger partial charge is 0.349 e. The van der Waals surface area contributed by atoms with Crippen molar-refractivity contribution >= 4 is 51.6 Å². The molecule has 0 saturated carbocycles. The van der Waals surface area contributed by atoms with Crippen LogP contribution in [-0.4, -0.2) is 24.3 Å². The Morgan fingerprint density at radius 3 is 2.71 bits per heavy atom. The first-order valence-electron chi connectivity index (χ1n) is 6.59. The topological polar surface area (TPSA) is 40.5 Å².